The maximum Gasteiger partial charge on any atom is 0.255 e. The number of piperidine rings is 2. The first-order valence-electron chi connectivity index (χ1n) is 11.7. The van der Waals surface area contributed by atoms with Crippen LogP contribution < -0.4 is 10.1 Å². The number of hydrogen-bond donors (Lipinski definition) is 1. The van der Waals surface area contributed by atoms with Gasteiger partial charge in [0.2, 0.25) is 5.91 Å². The summed E-state index contributed by atoms with van der Waals surface area (Å²) in [6.45, 7) is 4.21. The van der Waals surface area contributed by atoms with Crippen molar-refractivity contribution < 1.29 is 14.3 Å². The maximum atomic E-state index is 13.0. The fraction of sp³-hybridized carbons (Fsp3) is 0.462. The van der Waals surface area contributed by atoms with Gasteiger partial charge in [-0.2, -0.15) is 0 Å². The van der Waals surface area contributed by atoms with E-state index in [1.165, 1.54) is 12.0 Å². The number of para-hydroxylation sites is 1. The van der Waals surface area contributed by atoms with E-state index < -0.39 is 0 Å². The number of anilines is 1. The Hall–Kier alpha value is -2.86. The van der Waals surface area contributed by atoms with E-state index in [9.17, 15) is 9.59 Å². The molecule has 2 amide bonds. The minimum absolute atomic E-state index is 0.0184. The zero-order valence-corrected chi connectivity index (χ0v) is 18.9. The number of nitrogens with zero attached hydrogens (tertiary/aromatic N) is 2. The highest BCUT2D eigenvalue weighted by Gasteiger charge is 2.27. The molecule has 4 rings (SSSR count). The third kappa shape index (κ3) is 5.49. The molecule has 0 aliphatic carbocycles. The van der Waals surface area contributed by atoms with Crippen molar-refractivity contribution in [3.05, 3.63) is 59.7 Å². The van der Waals surface area contributed by atoms with Crippen LogP contribution in [-0.4, -0.2) is 54.9 Å². The quantitative estimate of drug-likeness (QED) is 0.740. The molecule has 170 valence electrons. The molecule has 0 unspecified atom stereocenters. The highest BCUT2D eigenvalue weighted by molar-refractivity contribution is 6.04. The van der Waals surface area contributed by atoms with Crippen LogP contribution in [-0.2, 0) is 11.3 Å². The monoisotopic (exact) mass is 435 g/mol. The topological polar surface area (TPSA) is 61.9 Å². The first-order valence-corrected chi connectivity index (χ1v) is 11.7. The van der Waals surface area contributed by atoms with Gasteiger partial charge in [0.15, 0.2) is 0 Å². The Morgan fingerprint density at radius 3 is 2.47 bits per heavy atom. The van der Waals surface area contributed by atoms with E-state index in [1.54, 1.807) is 7.11 Å². The first kappa shape index (κ1) is 22.3. The summed E-state index contributed by atoms with van der Waals surface area (Å²) in [6, 6.07) is 15.5. The fourth-order valence-corrected chi connectivity index (χ4v) is 4.66. The van der Waals surface area contributed by atoms with E-state index in [4.69, 9.17) is 4.74 Å². The van der Waals surface area contributed by atoms with Gasteiger partial charge in [0.25, 0.3) is 5.91 Å². The Balaban J connectivity index is 1.33. The number of benzene rings is 2. The first-order chi connectivity index (χ1) is 15.6. The van der Waals surface area contributed by atoms with Crippen LogP contribution in [0, 0.1) is 5.92 Å². The van der Waals surface area contributed by atoms with Gasteiger partial charge < -0.3 is 15.0 Å². The summed E-state index contributed by atoms with van der Waals surface area (Å²) >= 11 is 0. The predicted octanol–water partition coefficient (Wildman–Crippen LogP) is 4.17. The lowest BCUT2D eigenvalue weighted by atomic mass is 9.95. The second-order valence-electron chi connectivity index (χ2n) is 8.79. The zero-order valence-electron chi connectivity index (χ0n) is 18.9. The molecule has 0 spiro atoms. The van der Waals surface area contributed by atoms with Crippen molar-refractivity contribution in [2.75, 3.05) is 38.6 Å². The summed E-state index contributed by atoms with van der Waals surface area (Å²) < 4.78 is 5.32. The summed E-state index contributed by atoms with van der Waals surface area (Å²) in [5.41, 5.74) is 2.45. The van der Waals surface area contributed by atoms with Gasteiger partial charge in [-0.15, -0.1) is 0 Å². The molecular formula is C26H33N3O3. The zero-order chi connectivity index (χ0) is 22.3. The molecule has 6 heteroatoms. The summed E-state index contributed by atoms with van der Waals surface area (Å²) in [7, 11) is 1.68. The largest absolute Gasteiger partial charge is 0.497 e. The molecule has 0 atom stereocenters. The van der Waals surface area contributed by atoms with Crippen molar-refractivity contribution in [3.8, 4) is 5.75 Å². The Bertz CT molecular complexity index is 931. The van der Waals surface area contributed by atoms with E-state index in [-0.39, 0.29) is 17.7 Å². The molecular weight excluding hydrogens is 402 g/mol. The Labute approximate surface area is 190 Å². The molecule has 32 heavy (non-hydrogen) atoms. The molecule has 0 aromatic heterocycles. The number of carbonyl (C=O) groups excluding carboxylic acids is 2. The molecule has 2 aromatic carbocycles. The highest BCUT2D eigenvalue weighted by Crippen LogP contribution is 2.24. The summed E-state index contributed by atoms with van der Waals surface area (Å²) in [6.07, 6.45) is 4.91. The second kappa shape index (κ2) is 10.6. The minimum Gasteiger partial charge on any atom is -0.497 e. The van der Waals surface area contributed by atoms with Crippen molar-refractivity contribution >= 4 is 17.5 Å². The lowest BCUT2D eigenvalue weighted by Gasteiger charge is -2.31. The minimum atomic E-state index is -0.0327. The SMILES string of the molecule is COc1cccc(CN2CCC(C(=O)Nc3ccccc3C(=O)N3CCCCC3)CC2)c1. The molecule has 2 fully saturated rings. The summed E-state index contributed by atoms with van der Waals surface area (Å²) in [5.74, 6) is 0.878. The molecule has 0 bridgehead atoms. The van der Waals surface area contributed by atoms with E-state index in [2.05, 4.69) is 22.3 Å². The Kier molecular flexibility index (Phi) is 7.43. The highest BCUT2D eigenvalue weighted by atomic mass is 16.5. The van der Waals surface area contributed by atoms with Crippen molar-refractivity contribution in [2.45, 2.75) is 38.6 Å². The Morgan fingerprint density at radius 2 is 1.72 bits per heavy atom. The van der Waals surface area contributed by atoms with Gasteiger partial charge in [-0.1, -0.05) is 24.3 Å². The molecule has 1 N–H and O–H groups in total. The molecule has 2 heterocycles. The van der Waals surface area contributed by atoms with Crippen LogP contribution in [0.15, 0.2) is 48.5 Å². The van der Waals surface area contributed by atoms with Gasteiger partial charge in [0.05, 0.1) is 18.4 Å². The van der Waals surface area contributed by atoms with Gasteiger partial charge in [-0.25, -0.2) is 0 Å². The number of ether oxygens (including phenoxy) is 1. The summed E-state index contributed by atoms with van der Waals surface area (Å²) in [4.78, 5) is 30.3. The van der Waals surface area contributed by atoms with Crippen molar-refractivity contribution in [1.82, 2.24) is 9.80 Å². The third-order valence-electron chi connectivity index (χ3n) is 6.56. The van der Waals surface area contributed by atoms with Crippen LogP contribution in [0.1, 0.15) is 48.0 Å². The maximum absolute atomic E-state index is 13.0. The number of amides is 2. The molecule has 6 nitrogen and oxygen atoms in total. The molecule has 2 aliphatic heterocycles. The van der Waals surface area contributed by atoms with Gasteiger partial charge in [0.1, 0.15) is 5.75 Å². The molecule has 0 radical (unpaired) electrons. The van der Waals surface area contributed by atoms with Crippen LogP contribution in [0.5, 0.6) is 5.75 Å². The number of rotatable bonds is 6. The van der Waals surface area contributed by atoms with Gasteiger partial charge in [-0.05, 0) is 75.0 Å². The van der Waals surface area contributed by atoms with E-state index in [1.807, 2.05) is 41.3 Å². The summed E-state index contributed by atoms with van der Waals surface area (Å²) in [5, 5.41) is 3.06. The normalized spacial score (nSPS) is 17.7. The van der Waals surface area contributed by atoms with Gasteiger partial charge >= 0.3 is 0 Å². The Morgan fingerprint density at radius 1 is 0.969 bits per heavy atom. The fourth-order valence-electron chi connectivity index (χ4n) is 4.66. The predicted molar refractivity (Wildman–Crippen MR) is 126 cm³/mol. The standard InChI is InChI=1S/C26H33N3O3/c1-32-22-9-7-8-20(18-22)19-28-16-12-21(13-17-28)25(30)27-24-11-4-3-10-23(24)26(31)29-14-5-2-6-15-29/h3-4,7-11,18,21H,2,5-6,12-17,19H2,1H3,(H,27,30). The third-order valence-corrected chi connectivity index (χ3v) is 6.56. The smallest absolute Gasteiger partial charge is 0.255 e. The van der Waals surface area contributed by atoms with Crippen LogP contribution >= 0.6 is 0 Å². The average molecular weight is 436 g/mol. The van der Waals surface area contributed by atoms with Crippen molar-refractivity contribution in [1.29, 1.82) is 0 Å². The number of carbonyl (C=O) groups is 2. The molecule has 0 saturated carbocycles. The number of methoxy groups -OCH3 is 1. The number of nitrogens with one attached hydrogen (secondary N) is 1. The van der Waals surface area contributed by atoms with E-state index in [0.29, 0.717) is 11.3 Å². The van der Waals surface area contributed by atoms with Crippen molar-refractivity contribution in [2.24, 2.45) is 5.92 Å². The lowest BCUT2D eigenvalue weighted by Crippen LogP contribution is -2.38. The van der Waals surface area contributed by atoms with E-state index >= 15 is 0 Å². The number of hydrogen-bond acceptors (Lipinski definition) is 4. The molecule has 2 saturated heterocycles. The van der Waals surface area contributed by atoms with Crippen LogP contribution in [0.25, 0.3) is 0 Å². The van der Waals surface area contributed by atoms with Crippen LogP contribution in [0.4, 0.5) is 5.69 Å². The van der Waals surface area contributed by atoms with Crippen molar-refractivity contribution in [3.63, 3.8) is 0 Å². The number of likely N-dealkylation sites (tertiary alicyclic amines) is 2. The van der Waals surface area contributed by atoms with Gasteiger partial charge in [-0.3, -0.25) is 14.5 Å². The van der Waals surface area contributed by atoms with Crippen LogP contribution in [0.2, 0.25) is 0 Å². The molecule has 2 aliphatic rings. The average Bonchev–Trinajstić information content (AvgIpc) is 2.85. The van der Waals surface area contributed by atoms with E-state index in [0.717, 1.165) is 64.2 Å². The lowest BCUT2D eigenvalue weighted by molar-refractivity contribution is -0.121. The van der Waals surface area contributed by atoms with Gasteiger partial charge in [0, 0.05) is 25.6 Å². The molecule has 2 aromatic rings. The van der Waals surface area contributed by atoms with Crippen LogP contribution in [0.3, 0.4) is 0 Å². The second-order valence-corrected chi connectivity index (χ2v) is 8.79.